The molecule has 0 aromatic carbocycles. The van der Waals surface area contributed by atoms with Gasteiger partial charge in [0.1, 0.15) is 0 Å². The second kappa shape index (κ2) is 10.2. The van der Waals surface area contributed by atoms with Crippen LogP contribution in [0.4, 0.5) is 0 Å². The standard InChI is InChI=1S/C28H58O4/c1-21(2)25(9,10)30-18-23(5,6)27(13,14)32-20-24(7,8)28(15,16)31-19-22(3,4)26(11,12)29-17/h21H,18-20H2,1-17H3. The van der Waals surface area contributed by atoms with Crippen molar-refractivity contribution >= 4 is 0 Å². The lowest BCUT2D eigenvalue weighted by Gasteiger charge is -2.49. The van der Waals surface area contributed by atoms with Gasteiger partial charge in [0.15, 0.2) is 0 Å². The van der Waals surface area contributed by atoms with Crippen LogP contribution in [0, 0.1) is 22.2 Å². The minimum absolute atomic E-state index is 0.127. The third-order valence-electron chi connectivity index (χ3n) is 9.18. The maximum Gasteiger partial charge on any atom is 0.0699 e. The Bertz CT molecular complexity index is 580. The summed E-state index contributed by atoms with van der Waals surface area (Å²) in [4.78, 5) is 0. The van der Waals surface area contributed by atoms with Crippen LogP contribution in [0.1, 0.15) is 111 Å². The number of ether oxygens (including phenoxy) is 4. The molecule has 194 valence electrons. The summed E-state index contributed by atoms with van der Waals surface area (Å²) in [7, 11) is 1.76. The van der Waals surface area contributed by atoms with E-state index in [4.69, 9.17) is 18.9 Å². The Labute approximate surface area is 201 Å². The lowest BCUT2D eigenvalue weighted by atomic mass is 9.74. The summed E-state index contributed by atoms with van der Waals surface area (Å²) in [5, 5.41) is 0. The van der Waals surface area contributed by atoms with E-state index in [0.717, 1.165) is 0 Å². The average Bonchev–Trinajstić information content (AvgIpc) is 2.63. The van der Waals surface area contributed by atoms with Crippen LogP contribution in [0.15, 0.2) is 0 Å². The Kier molecular flexibility index (Phi) is 10.2. The number of hydrogen-bond acceptors (Lipinski definition) is 4. The fourth-order valence-electron chi connectivity index (χ4n) is 2.44. The van der Waals surface area contributed by atoms with E-state index in [1.807, 2.05) is 0 Å². The molecule has 0 aliphatic heterocycles. The summed E-state index contributed by atoms with van der Waals surface area (Å²) in [6.45, 7) is 36.8. The Hall–Kier alpha value is -0.160. The lowest BCUT2D eigenvalue weighted by molar-refractivity contribution is -0.204. The van der Waals surface area contributed by atoms with Crippen LogP contribution in [0.25, 0.3) is 0 Å². The zero-order valence-corrected chi connectivity index (χ0v) is 24.8. The molecule has 0 unspecified atom stereocenters. The molecule has 0 amide bonds. The molecule has 0 N–H and O–H groups in total. The summed E-state index contributed by atoms with van der Waals surface area (Å²) in [6, 6.07) is 0. The summed E-state index contributed by atoms with van der Waals surface area (Å²) in [5.74, 6) is 0.451. The van der Waals surface area contributed by atoms with Crippen molar-refractivity contribution < 1.29 is 18.9 Å². The van der Waals surface area contributed by atoms with Gasteiger partial charge in [-0.25, -0.2) is 0 Å². The van der Waals surface area contributed by atoms with Gasteiger partial charge in [-0.3, -0.25) is 0 Å². The van der Waals surface area contributed by atoms with E-state index < -0.39 is 0 Å². The SMILES string of the molecule is COC(C)(C)C(C)(C)COC(C)(C)C(C)(C)COC(C)(C)C(C)(C)COC(C)(C)C(C)C. The zero-order chi connectivity index (χ0) is 26.0. The molecule has 0 bridgehead atoms. The van der Waals surface area contributed by atoms with Crippen molar-refractivity contribution in [2.75, 3.05) is 26.9 Å². The molecule has 0 radical (unpaired) electrons. The second-order valence-electron chi connectivity index (χ2n) is 14.0. The van der Waals surface area contributed by atoms with E-state index in [-0.39, 0.29) is 38.6 Å². The number of rotatable bonds is 14. The fourth-order valence-corrected chi connectivity index (χ4v) is 2.44. The predicted octanol–water partition coefficient (Wildman–Crippen LogP) is 7.53. The molecule has 4 nitrogen and oxygen atoms in total. The highest BCUT2D eigenvalue weighted by Gasteiger charge is 2.46. The molecule has 0 saturated heterocycles. The van der Waals surface area contributed by atoms with Gasteiger partial charge >= 0.3 is 0 Å². The van der Waals surface area contributed by atoms with Crippen LogP contribution in [-0.2, 0) is 18.9 Å². The topological polar surface area (TPSA) is 36.9 Å². The molecule has 0 aromatic heterocycles. The average molecular weight is 459 g/mol. The summed E-state index contributed by atoms with van der Waals surface area (Å²) < 4.78 is 25.2. The molecule has 0 aliphatic carbocycles. The monoisotopic (exact) mass is 458 g/mol. The highest BCUT2D eigenvalue weighted by atomic mass is 16.5. The first kappa shape index (κ1) is 31.8. The summed E-state index contributed by atoms with van der Waals surface area (Å²) >= 11 is 0. The van der Waals surface area contributed by atoms with Crippen molar-refractivity contribution in [2.24, 2.45) is 22.2 Å². The molecule has 0 aliphatic rings. The van der Waals surface area contributed by atoms with Gasteiger partial charge in [-0.2, -0.15) is 0 Å². The maximum absolute atomic E-state index is 6.61. The molecule has 0 heterocycles. The van der Waals surface area contributed by atoms with E-state index >= 15 is 0 Å². The van der Waals surface area contributed by atoms with E-state index in [9.17, 15) is 0 Å². The molecule has 0 aromatic rings. The van der Waals surface area contributed by atoms with E-state index in [2.05, 4.69) is 111 Å². The lowest BCUT2D eigenvalue weighted by Crippen LogP contribution is -2.53. The van der Waals surface area contributed by atoms with Crippen LogP contribution in [0.5, 0.6) is 0 Å². The van der Waals surface area contributed by atoms with Gasteiger partial charge in [0, 0.05) is 23.4 Å². The van der Waals surface area contributed by atoms with Crippen molar-refractivity contribution in [2.45, 2.75) is 133 Å². The molecule has 4 heteroatoms. The first-order valence-corrected chi connectivity index (χ1v) is 12.3. The van der Waals surface area contributed by atoms with Crippen molar-refractivity contribution in [3.8, 4) is 0 Å². The Morgan fingerprint density at radius 3 is 1.03 bits per heavy atom. The largest absolute Gasteiger partial charge is 0.378 e. The van der Waals surface area contributed by atoms with Crippen molar-refractivity contribution in [3.05, 3.63) is 0 Å². The Morgan fingerprint density at radius 2 is 0.750 bits per heavy atom. The van der Waals surface area contributed by atoms with Gasteiger partial charge in [0.25, 0.3) is 0 Å². The molecule has 32 heavy (non-hydrogen) atoms. The zero-order valence-electron chi connectivity index (χ0n) is 24.8. The minimum Gasteiger partial charge on any atom is -0.378 e. The summed E-state index contributed by atoms with van der Waals surface area (Å²) in [5.41, 5.74) is -1.63. The van der Waals surface area contributed by atoms with Gasteiger partial charge in [-0.1, -0.05) is 55.4 Å². The first-order valence-electron chi connectivity index (χ1n) is 12.3. The molecular formula is C28H58O4. The van der Waals surface area contributed by atoms with E-state index in [0.29, 0.717) is 25.7 Å². The normalized spacial score (nSPS) is 15.6. The number of methoxy groups -OCH3 is 1. The van der Waals surface area contributed by atoms with Crippen LogP contribution < -0.4 is 0 Å². The predicted molar refractivity (Wildman–Crippen MR) is 137 cm³/mol. The number of hydrogen-bond donors (Lipinski definition) is 0. The van der Waals surface area contributed by atoms with Gasteiger partial charge in [-0.05, 0) is 61.3 Å². The molecule has 0 fully saturated rings. The van der Waals surface area contributed by atoms with Crippen molar-refractivity contribution in [1.82, 2.24) is 0 Å². The fraction of sp³-hybridized carbons (Fsp3) is 1.00. The first-order chi connectivity index (χ1) is 13.9. The molecule has 0 saturated carbocycles. The molecule has 0 spiro atoms. The maximum atomic E-state index is 6.61. The van der Waals surface area contributed by atoms with Crippen LogP contribution in [0.3, 0.4) is 0 Å². The second-order valence-corrected chi connectivity index (χ2v) is 14.0. The van der Waals surface area contributed by atoms with Crippen LogP contribution >= 0.6 is 0 Å². The third-order valence-corrected chi connectivity index (χ3v) is 9.18. The molecular weight excluding hydrogens is 400 g/mol. The van der Waals surface area contributed by atoms with E-state index in [1.165, 1.54) is 0 Å². The van der Waals surface area contributed by atoms with Gasteiger partial charge in [0.05, 0.1) is 42.2 Å². The van der Waals surface area contributed by atoms with Crippen LogP contribution in [-0.4, -0.2) is 49.3 Å². The van der Waals surface area contributed by atoms with E-state index in [1.54, 1.807) is 7.11 Å². The molecule has 0 atom stereocenters. The van der Waals surface area contributed by atoms with Gasteiger partial charge in [0.2, 0.25) is 0 Å². The van der Waals surface area contributed by atoms with Crippen molar-refractivity contribution in [1.29, 1.82) is 0 Å². The Morgan fingerprint density at radius 1 is 0.469 bits per heavy atom. The van der Waals surface area contributed by atoms with Crippen molar-refractivity contribution in [3.63, 3.8) is 0 Å². The smallest absolute Gasteiger partial charge is 0.0699 e. The third kappa shape index (κ3) is 7.68. The van der Waals surface area contributed by atoms with Gasteiger partial charge < -0.3 is 18.9 Å². The highest BCUT2D eigenvalue weighted by Crippen LogP contribution is 2.42. The van der Waals surface area contributed by atoms with Gasteiger partial charge in [-0.15, -0.1) is 0 Å². The molecule has 0 rings (SSSR count). The minimum atomic E-state index is -0.371. The summed E-state index contributed by atoms with van der Waals surface area (Å²) in [6.07, 6.45) is 0. The van der Waals surface area contributed by atoms with Crippen LogP contribution in [0.2, 0.25) is 0 Å². The quantitative estimate of drug-likeness (QED) is 0.269. The highest BCUT2D eigenvalue weighted by molar-refractivity contribution is 4.94. The Balaban J connectivity index is 5.24.